The average Bonchev–Trinajstić information content (AvgIpc) is 2.42. The van der Waals surface area contributed by atoms with E-state index in [-0.39, 0.29) is 5.82 Å². The van der Waals surface area contributed by atoms with Crippen LogP contribution in [0.4, 0.5) is 21.7 Å². The van der Waals surface area contributed by atoms with Crippen LogP contribution in [-0.2, 0) is 6.42 Å². The van der Waals surface area contributed by atoms with Crippen molar-refractivity contribution in [3.8, 4) is 0 Å². The maximum atomic E-state index is 13.7. The molecular weight excluding hydrogens is 313 g/mol. The van der Waals surface area contributed by atoms with Gasteiger partial charge >= 0.3 is 0 Å². The third kappa shape index (κ3) is 3.39. The van der Waals surface area contributed by atoms with Gasteiger partial charge in [0.05, 0.1) is 5.69 Å². The molecule has 0 bridgehead atoms. The van der Waals surface area contributed by atoms with E-state index >= 15 is 0 Å². The number of rotatable bonds is 4. The number of nitrogens with zero attached hydrogens (tertiary/aromatic N) is 2. The minimum absolute atomic E-state index is 0.332. The first kappa shape index (κ1) is 13.7. The van der Waals surface area contributed by atoms with Crippen LogP contribution in [-0.4, -0.2) is 9.97 Å². The van der Waals surface area contributed by atoms with Gasteiger partial charge in [-0.1, -0.05) is 22.9 Å². The molecule has 4 N–H and O–H groups in total. The molecule has 7 heteroatoms. The third-order valence-corrected chi connectivity index (χ3v) is 2.92. The van der Waals surface area contributed by atoms with Crippen molar-refractivity contribution in [3.05, 3.63) is 40.4 Å². The maximum absolute atomic E-state index is 13.7. The summed E-state index contributed by atoms with van der Waals surface area (Å²) >= 11 is 3.29. The van der Waals surface area contributed by atoms with E-state index in [0.29, 0.717) is 29.6 Å². The number of nitrogens with two attached hydrogens (primary N) is 1. The zero-order valence-corrected chi connectivity index (χ0v) is 11.8. The minimum Gasteiger partial charge on any atom is -0.338 e. The van der Waals surface area contributed by atoms with Gasteiger partial charge < -0.3 is 10.7 Å². The van der Waals surface area contributed by atoms with Crippen molar-refractivity contribution in [3.63, 3.8) is 0 Å². The van der Waals surface area contributed by atoms with Crippen molar-refractivity contribution >= 4 is 33.3 Å². The second-order valence-corrected chi connectivity index (χ2v) is 4.72. The van der Waals surface area contributed by atoms with Gasteiger partial charge in [-0.2, -0.15) is 0 Å². The van der Waals surface area contributed by atoms with Crippen LogP contribution in [0.3, 0.4) is 0 Å². The van der Waals surface area contributed by atoms with Gasteiger partial charge in [0.1, 0.15) is 23.3 Å². The Morgan fingerprint density at radius 2 is 2.00 bits per heavy atom. The maximum Gasteiger partial charge on any atom is 0.146 e. The van der Waals surface area contributed by atoms with Crippen molar-refractivity contribution in [2.24, 2.45) is 5.84 Å². The average molecular weight is 326 g/mol. The normalized spacial score (nSPS) is 10.3. The molecule has 0 radical (unpaired) electrons. The smallest absolute Gasteiger partial charge is 0.146 e. The Bertz CT molecular complexity index is 568. The van der Waals surface area contributed by atoms with Crippen LogP contribution in [0.5, 0.6) is 0 Å². The van der Waals surface area contributed by atoms with E-state index in [0.717, 1.165) is 4.47 Å². The summed E-state index contributed by atoms with van der Waals surface area (Å²) in [5.41, 5.74) is 2.79. The molecule has 0 saturated carbocycles. The first-order valence-corrected chi connectivity index (χ1v) is 6.48. The number of hydrogen-bond donors (Lipinski definition) is 3. The van der Waals surface area contributed by atoms with Crippen LogP contribution in [0.25, 0.3) is 0 Å². The molecule has 2 rings (SSSR count). The Morgan fingerprint density at radius 1 is 1.26 bits per heavy atom. The van der Waals surface area contributed by atoms with Gasteiger partial charge in [-0.15, -0.1) is 0 Å². The van der Waals surface area contributed by atoms with E-state index < -0.39 is 0 Å². The Labute approximate surface area is 118 Å². The molecule has 0 atom stereocenters. The first-order valence-electron chi connectivity index (χ1n) is 5.69. The van der Waals surface area contributed by atoms with Gasteiger partial charge in [0.15, 0.2) is 0 Å². The zero-order chi connectivity index (χ0) is 13.8. The van der Waals surface area contributed by atoms with Crippen LogP contribution in [0.2, 0.25) is 0 Å². The van der Waals surface area contributed by atoms with Gasteiger partial charge in [-0.3, -0.25) is 0 Å². The van der Waals surface area contributed by atoms with Gasteiger partial charge in [-0.25, -0.2) is 20.2 Å². The fourth-order valence-electron chi connectivity index (χ4n) is 1.52. The van der Waals surface area contributed by atoms with Crippen LogP contribution in [0.1, 0.15) is 12.7 Å². The molecule has 1 aromatic carbocycles. The summed E-state index contributed by atoms with van der Waals surface area (Å²) in [4.78, 5) is 8.43. The minimum atomic E-state index is -0.359. The molecule has 0 spiro atoms. The van der Waals surface area contributed by atoms with E-state index in [4.69, 9.17) is 5.84 Å². The van der Waals surface area contributed by atoms with Crippen molar-refractivity contribution in [2.45, 2.75) is 13.3 Å². The molecule has 0 saturated heterocycles. The number of anilines is 3. The molecular formula is C12H13BrFN5. The highest BCUT2D eigenvalue weighted by Crippen LogP contribution is 2.23. The van der Waals surface area contributed by atoms with Gasteiger partial charge in [0.25, 0.3) is 0 Å². The number of nitrogens with one attached hydrogen (secondary N) is 2. The molecule has 0 aliphatic rings. The second kappa shape index (κ2) is 5.94. The summed E-state index contributed by atoms with van der Waals surface area (Å²) in [5.74, 6) is 6.56. The van der Waals surface area contributed by atoms with Crippen LogP contribution >= 0.6 is 15.9 Å². The molecule has 0 unspecified atom stereocenters. The summed E-state index contributed by atoms with van der Waals surface area (Å²) in [6.45, 7) is 1.93. The van der Waals surface area contributed by atoms with Crippen LogP contribution < -0.4 is 16.6 Å². The fourth-order valence-corrected chi connectivity index (χ4v) is 1.89. The van der Waals surface area contributed by atoms with Crippen molar-refractivity contribution < 1.29 is 4.39 Å². The first-order chi connectivity index (χ1) is 9.12. The van der Waals surface area contributed by atoms with Crippen LogP contribution in [0.15, 0.2) is 28.7 Å². The summed E-state index contributed by atoms with van der Waals surface area (Å²) in [6.07, 6.45) is 0.658. The summed E-state index contributed by atoms with van der Waals surface area (Å²) < 4.78 is 14.4. The fraction of sp³-hybridized carbons (Fsp3) is 0.167. The standard InChI is InChI=1S/C12H13BrFN5/c1-2-10-17-11(6-12(18-10)19-15)16-9-5-7(13)3-4-8(9)14/h3-6H,2,15H2,1H3,(H2,16,17,18,19). The van der Waals surface area contributed by atoms with Gasteiger partial charge in [-0.05, 0) is 18.2 Å². The molecule has 0 aliphatic heterocycles. The van der Waals surface area contributed by atoms with E-state index in [9.17, 15) is 4.39 Å². The molecule has 1 heterocycles. The van der Waals surface area contributed by atoms with E-state index in [1.54, 1.807) is 18.2 Å². The lowest BCUT2D eigenvalue weighted by molar-refractivity contribution is 0.631. The Kier molecular flexibility index (Phi) is 4.28. The molecule has 5 nitrogen and oxygen atoms in total. The monoisotopic (exact) mass is 325 g/mol. The lowest BCUT2D eigenvalue weighted by atomic mass is 10.3. The second-order valence-electron chi connectivity index (χ2n) is 3.80. The molecule has 0 aliphatic carbocycles. The number of nitrogen functional groups attached to an aromatic ring is 1. The molecule has 0 amide bonds. The topological polar surface area (TPSA) is 75.9 Å². The molecule has 100 valence electrons. The number of benzene rings is 1. The summed E-state index contributed by atoms with van der Waals surface area (Å²) in [7, 11) is 0. The number of hydrogen-bond acceptors (Lipinski definition) is 5. The molecule has 19 heavy (non-hydrogen) atoms. The highest BCUT2D eigenvalue weighted by molar-refractivity contribution is 9.10. The highest BCUT2D eigenvalue weighted by atomic mass is 79.9. The number of aryl methyl sites for hydroxylation is 1. The van der Waals surface area contributed by atoms with E-state index in [2.05, 4.69) is 36.6 Å². The number of halogens is 2. The Morgan fingerprint density at radius 3 is 2.68 bits per heavy atom. The van der Waals surface area contributed by atoms with E-state index in [1.807, 2.05) is 6.92 Å². The molecule has 1 aromatic heterocycles. The Hall–Kier alpha value is -1.73. The largest absolute Gasteiger partial charge is 0.338 e. The zero-order valence-electron chi connectivity index (χ0n) is 10.2. The lowest BCUT2D eigenvalue weighted by Gasteiger charge is -2.10. The lowest BCUT2D eigenvalue weighted by Crippen LogP contribution is -2.11. The summed E-state index contributed by atoms with van der Waals surface area (Å²) in [5, 5.41) is 2.91. The predicted octanol–water partition coefficient (Wildman–Crippen LogP) is 2.97. The predicted molar refractivity (Wildman–Crippen MR) is 76.6 cm³/mol. The number of hydrazine groups is 1. The van der Waals surface area contributed by atoms with Gasteiger partial charge in [0, 0.05) is 17.0 Å². The highest BCUT2D eigenvalue weighted by Gasteiger charge is 2.07. The van der Waals surface area contributed by atoms with Crippen LogP contribution in [0, 0.1) is 5.82 Å². The van der Waals surface area contributed by atoms with Gasteiger partial charge in [0.2, 0.25) is 0 Å². The van der Waals surface area contributed by atoms with E-state index in [1.165, 1.54) is 6.07 Å². The van der Waals surface area contributed by atoms with Crippen molar-refractivity contribution in [1.82, 2.24) is 9.97 Å². The van der Waals surface area contributed by atoms with Crippen molar-refractivity contribution in [2.75, 3.05) is 10.7 Å². The number of aromatic nitrogens is 2. The van der Waals surface area contributed by atoms with Crippen molar-refractivity contribution in [1.29, 1.82) is 0 Å². The molecule has 2 aromatic rings. The summed E-state index contributed by atoms with van der Waals surface area (Å²) in [6, 6.07) is 6.25. The Balaban J connectivity index is 2.34. The third-order valence-electron chi connectivity index (χ3n) is 2.43. The quantitative estimate of drug-likeness (QED) is 0.595. The SMILES string of the molecule is CCc1nc(NN)cc(Nc2cc(Br)ccc2F)n1. The molecule has 0 fully saturated rings.